The summed E-state index contributed by atoms with van der Waals surface area (Å²) in [5, 5.41) is 3.87. The van der Waals surface area contributed by atoms with Crippen molar-refractivity contribution in [2.45, 2.75) is 64.4 Å². The van der Waals surface area contributed by atoms with Crippen LogP contribution in [0.1, 0.15) is 43.4 Å². The SMILES string of the molecule is CCCCn1c(SC(C)C(=O)Nc2c(C)cc(C)cc2C)nc2ccccc2c1=O. The van der Waals surface area contributed by atoms with E-state index in [4.69, 9.17) is 4.98 Å². The molecule has 3 rings (SSSR count). The van der Waals surface area contributed by atoms with Gasteiger partial charge in [0.25, 0.3) is 5.56 Å². The maximum atomic E-state index is 13.0. The predicted molar refractivity (Wildman–Crippen MR) is 126 cm³/mol. The maximum absolute atomic E-state index is 13.0. The van der Waals surface area contributed by atoms with Crippen molar-refractivity contribution in [3.05, 3.63) is 63.4 Å². The third-order valence-electron chi connectivity index (χ3n) is 5.14. The smallest absolute Gasteiger partial charge is 0.262 e. The highest BCUT2D eigenvalue weighted by Gasteiger charge is 2.20. The molecule has 1 aromatic heterocycles. The van der Waals surface area contributed by atoms with Gasteiger partial charge in [-0.25, -0.2) is 4.98 Å². The number of aryl methyl sites for hydroxylation is 3. The number of nitrogens with one attached hydrogen (secondary N) is 1. The highest BCUT2D eigenvalue weighted by atomic mass is 32.2. The molecule has 0 saturated heterocycles. The Labute approximate surface area is 181 Å². The van der Waals surface area contributed by atoms with Crippen molar-refractivity contribution in [3.63, 3.8) is 0 Å². The summed E-state index contributed by atoms with van der Waals surface area (Å²) in [5.74, 6) is -0.0977. The van der Waals surface area contributed by atoms with E-state index in [1.807, 2.05) is 45.9 Å². The zero-order valence-corrected chi connectivity index (χ0v) is 19.1. The molecule has 1 N–H and O–H groups in total. The fraction of sp³-hybridized carbons (Fsp3) is 0.375. The molecule has 158 valence electrons. The van der Waals surface area contributed by atoms with Gasteiger partial charge in [-0.3, -0.25) is 14.2 Å². The lowest BCUT2D eigenvalue weighted by Crippen LogP contribution is -2.27. The first-order valence-corrected chi connectivity index (χ1v) is 11.2. The number of carbonyl (C=O) groups is 1. The van der Waals surface area contributed by atoms with E-state index in [1.54, 1.807) is 10.6 Å². The van der Waals surface area contributed by atoms with Crippen molar-refractivity contribution < 1.29 is 4.79 Å². The molecule has 0 aliphatic carbocycles. The fourth-order valence-corrected chi connectivity index (χ4v) is 4.50. The average Bonchev–Trinajstić information content (AvgIpc) is 2.70. The molecule has 0 radical (unpaired) electrons. The Morgan fingerprint density at radius 1 is 1.17 bits per heavy atom. The van der Waals surface area contributed by atoms with Crippen LogP contribution in [-0.2, 0) is 11.3 Å². The topological polar surface area (TPSA) is 64.0 Å². The molecule has 2 aromatic carbocycles. The van der Waals surface area contributed by atoms with Crippen molar-refractivity contribution in [1.29, 1.82) is 0 Å². The van der Waals surface area contributed by atoms with Gasteiger partial charge >= 0.3 is 0 Å². The summed E-state index contributed by atoms with van der Waals surface area (Å²) in [6.07, 6.45) is 1.86. The van der Waals surface area contributed by atoms with Crippen LogP contribution < -0.4 is 10.9 Å². The largest absolute Gasteiger partial charge is 0.325 e. The minimum absolute atomic E-state index is 0.0469. The molecule has 1 heterocycles. The molecule has 0 bridgehead atoms. The van der Waals surface area contributed by atoms with E-state index in [2.05, 4.69) is 24.4 Å². The van der Waals surface area contributed by atoms with Crippen molar-refractivity contribution in [1.82, 2.24) is 9.55 Å². The Morgan fingerprint density at radius 3 is 2.50 bits per heavy atom. The van der Waals surface area contributed by atoms with E-state index in [9.17, 15) is 9.59 Å². The summed E-state index contributed by atoms with van der Waals surface area (Å²) in [5.41, 5.74) is 4.73. The summed E-state index contributed by atoms with van der Waals surface area (Å²) in [4.78, 5) is 30.7. The number of para-hydroxylation sites is 1. The number of amides is 1. The number of unbranched alkanes of at least 4 members (excludes halogenated alkanes) is 1. The van der Waals surface area contributed by atoms with Gasteiger partial charge in [-0.1, -0.05) is 54.9 Å². The Morgan fingerprint density at radius 2 is 1.83 bits per heavy atom. The normalized spacial score (nSPS) is 12.2. The molecule has 1 unspecified atom stereocenters. The molecule has 1 atom stereocenters. The summed E-state index contributed by atoms with van der Waals surface area (Å²) in [7, 11) is 0. The summed E-state index contributed by atoms with van der Waals surface area (Å²) in [6, 6.07) is 11.5. The number of hydrogen-bond donors (Lipinski definition) is 1. The molecule has 0 aliphatic heterocycles. The van der Waals surface area contributed by atoms with E-state index in [-0.39, 0.29) is 11.5 Å². The highest BCUT2D eigenvalue weighted by Crippen LogP contribution is 2.26. The maximum Gasteiger partial charge on any atom is 0.262 e. The second-order valence-corrected chi connectivity index (χ2v) is 9.05. The first-order chi connectivity index (χ1) is 14.3. The minimum atomic E-state index is -0.397. The number of thioether (sulfide) groups is 1. The molecule has 0 fully saturated rings. The third kappa shape index (κ3) is 4.75. The van der Waals surface area contributed by atoms with Crippen molar-refractivity contribution in [2.24, 2.45) is 0 Å². The number of rotatable bonds is 7. The lowest BCUT2D eigenvalue weighted by molar-refractivity contribution is -0.115. The molecule has 0 saturated carbocycles. The Kier molecular flexibility index (Phi) is 6.98. The van der Waals surface area contributed by atoms with Crippen LogP contribution in [0.15, 0.2) is 46.3 Å². The zero-order valence-electron chi connectivity index (χ0n) is 18.3. The molecular weight excluding hydrogens is 394 g/mol. The standard InChI is InChI=1S/C24H29N3O2S/c1-6-7-12-27-23(29)19-10-8-9-11-20(19)25-24(27)30-18(5)22(28)26-21-16(3)13-15(2)14-17(21)4/h8-11,13-14,18H,6-7,12H2,1-5H3,(H,26,28). The fourth-order valence-electron chi connectivity index (χ4n) is 3.56. The molecule has 6 heteroatoms. The third-order valence-corrected chi connectivity index (χ3v) is 6.23. The van der Waals surface area contributed by atoms with E-state index in [1.165, 1.54) is 17.3 Å². The molecule has 3 aromatic rings. The lowest BCUT2D eigenvalue weighted by Gasteiger charge is -2.18. The monoisotopic (exact) mass is 423 g/mol. The minimum Gasteiger partial charge on any atom is -0.325 e. The highest BCUT2D eigenvalue weighted by molar-refractivity contribution is 8.00. The van der Waals surface area contributed by atoms with E-state index < -0.39 is 5.25 Å². The number of hydrogen-bond acceptors (Lipinski definition) is 4. The van der Waals surface area contributed by atoms with Gasteiger partial charge in [0.1, 0.15) is 0 Å². The summed E-state index contributed by atoms with van der Waals surface area (Å²) in [6.45, 7) is 10.6. The number of benzene rings is 2. The van der Waals surface area contributed by atoms with Crippen LogP contribution in [0.2, 0.25) is 0 Å². The van der Waals surface area contributed by atoms with Gasteiger partial charge < -0.3 is 5.32 Å². The molecule has 1 amide bonds. The van der Waals surface area contributed by atoms with Gasteiger partial charge in [0.2, 0.25) is 5.91 Å². The van der Waals surface area contributed by atoms with E-state index in [0.29, 0.717) is 22.6 Å². The molecule has 0 spiro atoms. The zero-order chi connectivity index (χ0) is 21.8. The second-order valence-electron chi connectivity index (χ2n) is 7.74. The van der Waals surface area contributed by atoms with Crippen LogP contribution in [0.25, 0.3) is 10.9 Å². The average molecular weight is 424 g/mol. The Balaban J connectivity index is 1.89. The van der Waals surface area contributed by atoms with Crippen molar-refractivity contribution in [3.8, 4) is 0 Å². The number of aromatic nitrogens is 2. The van der Waals surface area contributed by atoms with Gasteiger partial charge in [-0.05, 0) is 57.4 Å². The lowest BCUT2D eigenvalue weighted by atomic mass is 10.1. The van der Waals surface area contributed by atoms with Crippen LogP contribution in [0.5, 0.6) is 0 Å². The van der Waals surface area contributed by atoms with Crippen LogP contribution in [0.3, 0.4) is 0 Å². The van der Waals surface area contributed by atoms with Crippen LogP contribution in [-0.4, -0.2) is 20.7 Å². The van der Waals surface area contributed by atoms with Gasteiger partial charge in [-0.2, -0.15) is 0 Å². The summed E-state index contributed by atoms with van der Waals surface area (Å²) >= 11 is 1.33. The molecule has 30 heavy (non-hydrogen) atoms. The predicted octanol–water partition coefficient (Wildman–Crippen LogP) is 5.24. The first kappa shape index (κ1) is 22.1. The molecular formula is C24H29N3O2S. The molecule has 0 aliphatic rings. The number of fused-ring (bicyclic) bond motifs is 1. The number of anilines is 1. The quantitative estimate of drug-likeness (QED) is 0.417. The van der Waals surface area contributed by atoms with Gasteiger partial charge in [0.05, 0.1) is 16.2 Å². The number of carbonyl (C=O) groups excluding carboxylic acids is 1. The van der Waals surface area contributed by atoms with Crippen molar-refractivity contribution >= 4 is 34.3 Å². The summed E-state index contributed by atoms with van der Waals surface area (Å²) < 4.78 is 1.71. The Bertz CT molecular complexity index is 1110. The van der Waals surface area contributed by atoms with Crippen LogP contribution in [0, 0.1) is 20.8 Å². The molecule has 5 nitrogen and oxygen atoms in total. The van der Waals surface area contributed by atoms with E-state index >= 15 is 0 Å². The Hall–Kier alpha value is -2.60. The van der Waals surface area contributed by atoms with Gasteiger partial charge in [0.15, 0.2) is 5.16 Å². The van der Waals surface area contributed by atoms with Crippen LogP contribution >= 0.6 is 11.8 Å². The van der Waals surface area contributed by atoms with Crippen molar-refractivity contribution in [2.75, 3.05) is 5.32 Å². The van der Waals surface area contributed by atoms with Gasteiger partial charge in [-0.15, -0.1) is 0 Å². The first-order valence-electron chi connectivity index (χ1n) is 10.4. The second kappa shape index (κ2) is 9.47. The van der Waals surface area contributed by atoms with E-state index in [0.717, 1.165) is 29.7 Å². The number of nitrogens with zero attached hydrogens (tertiary/aromatic N) is 2. The van der Waals surface area contributed by atoms with Crippen LogP contribution in [0.4, 0.5) is 5.69 Å². The van der Waals surface area contributed by atoms with Gasteiger partial charge in [0, 0.05) is 12.2 Å².